The fourth-order valence-corrected chi connectivity index (χ4v) is 3.24. The Morgan fingerprint density at radius 1 is 1.45 bits per heavy atom. The van der Waals surface area contributed by atoms with Crippen LogP contribution in [0.2, 0.25) is 0 Å². The minimum Gasteiger partial charge on any atom is -0.374 e. The molecule has 0 radical (unpaired) electrons. The highest BCUT2D eigenvalue weighted by Gasteiger charge is 2.09. The van der Waals surface area contributed by atoms with Crippen LogP contribution in [0.15, 0.2) is 16.0 Å². The smallest absolute Gasteiger partial charge is 0.251 e. The topological polar surface area (TPSA) is 83.6 Å². The Kier molecular flexibility index (Phi) is 5.54. The van der Waals surface area contributed by atoms with E-state index in [1.807, 2.05) is 6.92 Å². The third-order valence-electron chi connectivity index (χ3n) is 2.52. The van der Waals surface area contributed by atoms with Crippen LogP contribution in [-0.4, -0.2) is 26.1 Å². The predicted molar refractivity (Wildman–Crippen MR) is 82.5 cm³/mol. The Morgan fingerprint density at radius 3 is 3.05 bits per heavy atom. The molecule has 108 valence electrons. The number of nitrogens with zero attached hydrogens (tertiary/aromatic N) is 3. The lowest BCUT2D eigenvalue weighted by atomic mass is 10.2. The monoisotopic (exact) mass is 311 g/mol. The fourth-order valence-electron chi connectivity index (χ4n) is 1.67. The van der Waals surface area contributed by atoms with E-state index in [1.165, 1.54) is 23.3 Å². The van der Waals surface area contributed by atoms with Crippen molar-refractivity contribution < 1.29 is 0 Å². The average molecular weight is 311 g/mol. The molecule has 0 aliphatic rings. The van der Waals surface area contributed by atoms with Gasteiger partial charge in [-0.25, -0.2) is 4.98 Å². The zero-order valence-electron chi connectivity index (χ0n) is 11.5. The lowest BCUT2D eigenvalue weighted by Crippen LogP contribution is -2.10. The Bertz CT molecular complexity index is 610. The number of aryl methyl sites for hydroxylation is 1. The predicted octanol–water partition coefficient (Wildman–Crippen LogP) is 2.30. The summed E-state index contributed by atoms with van der Waals surface area (Å²) in [5, 5.41) is 8.93. The molecule has 2 aromatic rings. The highest BCUT2D eigenvalue weighted by molar-refractivity contribution is 7.98. The molecule has 0 unspecified atom stereocenters. The number of nitrogens with one attached hydrogen (secondary N) is 2. The van der Waals surface area contributed by atoms with Gasteiger partial charge in [0.25, 0.3) is 5.56 Å². The molecule has 20 heavy (non-hydrogen) atoms. The van der Waals surface area contributed by atoms with Crippen molar-refractivity contribution in [3.8, 4) is 0 Å². The summed E-state index contributed by atoms with van der Waals surface area (Å²) < 4.78 is 3.94. The van der Waals surface area contributed by atoms with Crippen molar-refractivity contribution in [2.75, 3.05) is 11.9 Å². The van der Waals surface area contributed by atoms with E-state index in [2.05, 4.69) is 31.8 Å². The number of hydrogen-bond donors (Lipinski definition) is 2. The van der Waals surface area contributed by atoms with Gasteiger partial charge in [-0.2, -0.15) is 0 Å². The first-order chi connectivity index (χ1) is 9.72. The molecule has 0 bridgehead atoms. The van der Waals surface area contributed by atoms with E-state index in [0.717, 1.165) is 35.8 Å². The molecular formula is C12H17N5OS2. The van der Waals surface area contributed by atoms with Crippen molar-refractivity contribution in [2.45, 2.75) is 37.6 Å². The summed E-state index contributed by atoms with van der Waals surface area (Å²) in [6.07, 6.45) is 1.79. The van der Waals surface area contributed by atoms with Crippen molar-refractivity contribution >= 4 is 28.3 Å². The van der Waals surface area contributed by atoms with Gasteiger partial charge in [0, 0.05) is 35.6 Å². The number of H-pyrrole nitrogens is 1. The lowest BCUT2D eigenvalue weighted by Gasteiger charge is -2.03. The number of aromatic nitrogens is 4. The van der Waals surface area contributed by atoms with Gasteiger partial charge in [-0.15, -0.1) is 5.10 Å². The van der Waals surface area contributed by atoms with E-state index in [4.69, 9.17) is 0 Å². The number of anilines is 1. The number of thioether (sulfide) groups is 1. The van der Waals surface area contributed by atoms with E-state index >= 15 is 0 Å². The molecule has 6 nitrogen and oxygen atoms in total. The van der Waals surface area contributed by atoms with Gasteiger partial charge >= 0.3 is 0 Å². The zero-order valence-corrected chi connectivity index (χ0v) is 13.1. The Morgan fingerprint density at radius 2 is 2.30 bits per heavy atom. The maximum Gasteiger partial charge on any atom is 0.251 e. The van der Waals surface area contributed by atoms with Crippen LogP contribution in [-0.2, 0) is 12.2 Å². The van der Waals surface area contributed by atoms with Crippen molar-refractivity contribution in [1.29, 1.82) is 0 Å². The van der Waals surface area contributed by atoms with Gasteiger partial charge in [0.1, 0.15) is 10.7 Å². The molecule has 0 aliphatic heterocycles. The second-order valence-corrected chi connectivity index (χ2v) is 5.88. The molecule has 0 aliphatic carbocycles. The molecule has 2 aromatic heterocycles. The van der Waals surface area contributed by atoms with Crippen LogP contribution in [0.1, 0.15) is 31.7 Å². The van der Waals surface area contributed by atoms with E-state index in [9.17, 15) is 4.79 Å². The van der Waals surface area contributed by atoms with E-state index < -0.39 is 0 Å². The van der Waals surface area contributed by atoms with Gasteiger partial charge < -0.3 is 10.3 Å². The first-order valence-electron chi connectivity index (χ1n) is 6.51. The molecule has 2 rings (SSSR count). The fraction of sp³-hybridized carbons (Fsp3) is 0.500. The van der Waals surface area contributed by atoms with Crippen LogP contribution in [0.4, 0.5) is 5.00 Å². The summed E-state index contributed by atoms with van der Waals surface area (Å²) >= 11 is 2.82. The molecule has 2 heterocycles. The zero-order chi connectivity index (χ0) is 14.4. The summed E-state index contributed by atoms with van der Waals surface area (Å²) in [5.41, 5.74) is 1.63. The van der Waals surface area contributed by atoms with Crippen LogP contribution in [0.3, 0.4) is 0 Å². The molecule has 8 heteroatoms. The molecule has 0 aromatic carbocycles. The van der Waals surface area contributed by atoms with Crippen molar-refractivity contribution in [3.05, 3.63) is 27.8 Å². The summed E-state index contributed by atoms with van der Waals surface area (Å²) in [7, 11) is 0. The minimum absolute atomic E-state index is 0.103. The van der Waals surface area contributed by atoms with Crippen LogP contribution in [0, 0.1) is 0 Å². The molecule has 0 atom stereocenters. The van der Waals surface area contributed by atoms with Crippen molar-refractivity contribution in [3.63, 3.8) is 0 Å². The average Bonchev–Trinajstić information content (AvgIpc) is 2.84. The van der Waals surface area contributed by atoms with Gasteiger partial charge in [-0.1, -0.05) is 29.6 Å². The molecule has 0 spiro atoms. The summed E-state index contributed by atoms with van der Waals surface area (Å²) in [6.45, 7) is 4.94. The van der Waals surface area contributed by atoms with Gasteiger partial charge in [0.05, 0.1) is 0 Å². The summed E-state index contributed by atoms with van der Waals surface area (Å²) in [6, 6.07) is 1.56. The highest BCUT2D eigenvalue weighted by Crippen LogP contribution is 2.25. The molecular weight excluding hydrogens is 294 g/mol. The van der Waals surface area contributed by atoms with Crippen LogP contribution in [0.25, 0.3) is 0 Å². The van der Waals surface area contributed by atoms with Gasteiger partial charge in [0.2, 0.25) is 0 Å². The van der Waals surface area contributed by atoms with Crippen LogP contribution in [0.5, 0.6) is 0 Å². The highest BCUT2D eigenvalue weighted by atomic mass is 32.2. The van der Waals surface area contributed by atoms with E-state index in [0.29, 0.717) is 10.9 Å². The van der Waals surface area contributed by atoms with Crippen LogP contribution >= 0.6 is 23.3 Å². The molecule has 0 amide bonds. The molecule has 0 fully saturated rings. The standard InChI is InChI=1S/C12H17N5OS2/c1-3-5-8-6-10(18)15-12(14-8)19-7-9-11(13-4-2)20-17-16-9/h6,13H,3-5,7H2,1-2H3,(H,14,15,18). The Hall–Kier alpha value is -1.41. The normalized spacial score (nSPS) is 10.7. The van der Waals surface area contributed by atoms with E-state index in [-0.39, 0.29) is 5.56 Å². The second-order valence-electron chi connectivity index (χ2n) is 4.16. The van der Waals surface area contributed by atoms with E-state index in [1.54, 1.807) is 6.07 Å². The summed E-state index contributed by atoms with van der Waals surface area (Å²) in [5.74, 6) is 0.636. The Labute approximate surface area is 125 Å². The molecule has 2 N–H and O–H groups in total. The van der Waals surface area contributed by atoms with Crippen molar-refractivity contribution in [2.24, 2.45) is 0 Å². The first-order valence-corrected chi connectivity index (χ1v) is 8.27. The van der Waals surface area contributed by atoms with Gasteiger partial charge in [-0.05, 0) is 13.3 Å². The van der Waals surface area contributed by atoms with Gasteiger partial charge in [-0.3, -0.25) is 4.79 Å². The summed E-state index contributed by atoms with van der Waals surface area (Å²) in [4.78, 5) is 18.8. The quantitative estimate of drug-likeness (QED) is 0.603. The Balaban J connectivity index is 2.06. The number of hydrogen-bond acceptors (Lipinski definition) is 7. The first kappa shape index (κ1) is 15.0. The third kappa shape index (κ3) is 4.04. The largest absolute Gasteiger partial charge is 0.374 e. The maximum atomic E-state index is 11.6. The molecule has 0 saturated carbocycles. The lowest BCUT2D eigenvalue weighted by molar-refractivity contribution is 0.815. The number of aromatic amines is 1. The molecule has 0 saturated heterocycles. The minimum atomic E-state index is -0.103. The van der Waals surface area contributed by atoms with Crippen LogP contribution < -0.4 is 10.9 Å². The SMILES string of the molecule is CCCc1cc(=O)[nH]c(SCc2nnsc2NCC)n1. The van der Waals surface area contributed by atoms with Gasteiger partial charge in [0.15, 0.2) is 5.16 Å². The maximum absolute atomic E-state index is 11.6. The number of rotatable bonds is 7. The third-order valence-corrected chi connectivity index (χ3v) is 4.13. The second kappa shape index (κ2) is 7.39. The van der Waals surface area contributed by atoms with Crippen molar-refractivity contribution in [1.82, 2.24) is 19.6 Å².